The van der Waals surface area contributed by atoms with E-state index in [9.17, 15) is 13.6 Å². The number of benzene rings is 2. The van der Waals surface area contributed by atoms with Crippen LogP contribution in [0.4, 0.5) is 8.78 Å². The molecule has 1 aliphatic rings. The summed E-state index contributed by atoms with van der Waals surface area (Å²) in [5, 5.41) is 3.77. The lowest BCUT2D eigenvalue weighted by Crippen LogP contribution is -2.40. The predicted molar refractivity (Wildman–Crippen MR) is 104 cm³/mol. The Morgan fingerprint density at radius 1 is 1.25 bits per heavy atom. The molecule has 1 aliphatic heterocycles. The van der Waals surface area contributed by atoms with E-state index in [-0.39, 0.29) is 11.7 Å². The van der Waals surface area contributed by atoms with Crippen LogP contribution in [0, 0.1) is 0 Å². The molecule has 2 aromatic carbocycles. The Kier molecular flexibility index (Phi) is 4.72. The third kappa shape index (κ3) is 3.68. The van der Waals surface area contributed by atoms with Crippen molar-refractivity contribution in [1.29, 1.82) is 0 Å². The van der Waals surface area contributed by atoms with Gasteiger partial charge in [-0.25, -0.2) is 0 Å². The van der Waals surface area contributed by atoms with Crippen molar-refractivity contribution >= 4 is 28.9 Å². The van der Waals surface area contributed by atoms with Crippen molar-refractivity contribution in [3.8, 4) is 11.4 Å². The smallest absolute Gasteiger partial charge is 0.387 e. The van der Waals surface area contributed by atoms with Gasteiger partial charge >= 0.3 is 6.61 Å². The number of rotatable bonds is 5. The van der Waals surface area contributed by atoms with Crippen molar-refractivity contribution in [3.05, 3.63) is 72.6 Å². The summed E-state index contributed by atoms with van der Waals surface area (Å²) in [4.78, 5) is 12.0. The molecule has 0 radical (unpaired) electrons. The molecule has 0 bridgehead atoms. The summed E-state index contributed by atoms with van der Waals surface area (Å²) < 4.78 is 36.4. The molecule has 1 N–H and O–H groups in total. The van der Waals surface area contributed by atoms with Gasteiger partial charge < -0.3 is 18.8 Å². The van der Waals surface area contributed by atoms with Crippen LogP contribution in [0.2, 0.25) is 0 Å². The monoisotopic (exact) mass is 402 g/mol. The maximum atomic E-state index is 12.6. The molecule has 3 aromatic rings. The summed E-state index contributed by atoms with van der Waals surface area (Å²) in [5.41, 5.74) is 2.04. The van der Waals surface area contributed by atoms with Gasteiger partial charge in [0.1, 0.15) is 16.9 Å². The molecule has 8 heteroatoms. The predicted octanol–water partition coefficient (Wildman–Crippen LogP) is 4.87. The average Bonchev–Trinajstić information content (AvgIpc) is 3.27. The largest absolute Gasteiger partial charge is 0.435 e. The van der Waals surface area contributed by atoms with E-state index in [1.54, 1.807) is 36.6 Å². The number of fused-ring (bicyclic) bond motifs is 1. The van der Waals surface area contributed by atoms with Gasteiger partial charge in [-0.2, -0.15) is 8.78 Å². The number of amides is 1. The highest BCUT2D eigenvalue weighted by molar-refractivity contribution is 7.96. The number of alkyl halides is 2. The highest BCUT2D eigenvalue weighted by atomic mass is 32.2. The van der Waals surface area contributed by atoms with Gasteiger partial charge in [-0.3, -0.25) is 4.79 Å². The molecule has 1 aromatic heterocycles. The van der Waals surface area contributed by atoms with Crippen LogP contribution in [0.1, 0.15) is 17.3 Å². The lowest BCUT2D eigenvalue weighted by atomic mass is 10.1. The van der Waals surface area contributed by atoms with Crippen LogP contribution in [0.15, 0.2) is 67.1 Å². The number of nitrogens with one attached hydrogen (secondary N) is 1. The van der Waals surface area contributed by atoms with Gasteiger partial charge in [-0.05, 0) is 49.4 Å². The minimum Gasteiger partial charge on any atom is -0.435 e. The first-order valence-electron chi connectivity index (χ1n) is 8.45. The molecule has 0 spiro atoms. The normalized spacial score (nSPS) is 18.4. The lowest BCUT2D eigenvalue weighted by molar-refractivity contribution is -0.0498. The Morgan fingerprint density at radius 2 is 2.11 bits per heavy atom. The molecular formula is C20H16F2N2O3S. The highest BCUT2D eigenvalue weighted by Crippen LogP contribution is 2.31. The highest BCUT2D eigenvalue weighted by Gasteiger charge is 2.30. The fraction of sp³-hybridized carbons (Fsp3) is 0.150. The van der Waals surface area contributed by atoms with Crippen LogP contribution < -0.4 is 10.1 Å². The molecule has 0 fully saturated rings. The molecule has 28 heavy (non-hydrogen) atoms. The first kappa shape index (κ1) is 18.4. The Morgan fingerprint density at radius 3 is 2.86 bits per heavy atom. The second-order valence-corrected chi connectivity index (χ2v) is 7.59. The van der Waals surface area contributed by atoms with Gasteiger partial charge in [0.05, 0.1) is 17.6 Å². The minimum absolute atomic E-state index is 0.0860. The van der Waals surface area contributed by atoms with Crippen LogP contribution in [0.5, 0.6) is 5.75 Å². The number of carbonyl (C=O) groups is 1. The summed E-state index contributed by atoms with van der Waals surface area (Å²) in [6.07, 6.45) is 5.14. The molecule has 1 unspecified atom stereocenters. The maximum absolute atomic E-state index is 12.6. The van der Waals surface area contributed by atoms with Crippen LogP contribution in [-0.2, 0) is 4.18 Å². The SMILES string of the molecule is CC1(NC(=O)c2ccc3c(ccn3-c3cccc(OC(F)F)c3)c2)C=COS1. The summed E-state index contributed by atoms with van der Waals surface area (Å²) in [5.74, 6) is -0.130. The van der Waals surface area contributed by atoms with Gasteiger partial charge in [0.2, 0.25) is 0 Å². The number of ether oxygens (including phenoxy) is 1. The topological polar surface area (TPSA) is 52.5 Å². The number of hydrogen-bond donors (Lipinski definition) is 1. The number of halogens is 2. The van der Waals surface area contributed by atoms with Gasteiger partial charge in [0.25, 0.3) is 5.91 Å². The molecule has 0 aliphatic carbocycles. The number of hydrogen-bond acceptors (Lipinski definition) is 4. The fourth-order valence-corrected chi connectivity index (χ4v) is 3.55. The van der Waals surface area contributed by atoms with E-state index in [2.05, 4.69) is 10.1 Å². The lowest BCUT2D eigenvalue weighted by Gasteiger charge is -2.20. The van der Waals surface area contributed by atoms with Crippen LogP contribution in [0.25, 0.3) is 16.6 Å². The zero-order valence-corrected chi connectivity index (χ0v) is 15.6. The number of carbonyl (C=O) groups excluding carboxylic acids is 1. The molecule has 144 valence electrons. The van der Waals surface area contributed by atoms with Crippen LogP contribution in [-0.4, -0.2) is 22.0 Å². The Labute approximate surface area is 164 Å². The van der Waals surface area contributed by atoms with Crippen molar-refractivity contribution in [1.82, 2.24) is 9.88 Å². The number of nitrogens with zero attached hydrogens (tertiary/aromatic N) is 1. The molecule has 4 rings (SSSR count). The summed E-state index contributed by atoms with van der Waals surface area (Å²) in [6.45, 7) is -1.03. The molecule has 5 nitrogen and oxygen atoms in total. The van der Waals surface area contributed by atoms with Crippen LogP contribution >= 0.6 is 12.0 Å². The van der Waals surface area contributed by atoms with Crippen molar-refractivity contribution in [2.75, 3.05) is 0 Å². The van der Waals surface area contributed by atoms with E-state index in [0.717, 1.165) is 10.9 Å². The molecule has 0 saturated heterocycles. The standard InChI is InChI=1S/C20H16F2N2O3S/c1-20(8-10-26-28-20)23-18(25)14-5-6-17-13(11-14)7-9-24(17)15-3-2-4-16(12-15)27-19(21)22/h2-12,19H,1H3,(H,23,25). The van der Waals surface area contributed by atoms with Gasteiger partial charge in [-0.1, -0.05) is 6.07 Å². The summed E-state index contributed by atoms with van der Waals surface area (Å²) >= 11 is 1.17. The minimum atomic E-state index is -2.88. The fourth-order valence-electron chi connectivity index (χ4n) is 2.99. The van der Waals surface area contributed by atoms with E-state index >= 15 is 0 Å². The number of aromatic nitrogens is 1. The van der Waals surface area contributed by atoms with E-state index in [1.165, 1.54) is 24.2 Å². The van der Waals surface area contributed by atoms with E-state index in [1.807, 2.05) is 29.8 Å². The molecule has 1 amide bonds. The summed E-state index contributed by atoms with van der Waals surface area (Å²) in [7, 11) is 0. The molecule has 0 saturated carbocycles. The Balaban J connectivity index is 1.61. The van der Waals surface area contributed by atoms with E-state index < -0.39 is 11.5 Å². The van der Waals surface area contributed by atoms with Gasteiger partial charge in [0, 0.05) is 28.9 Å². The molecule has 1 atom stereocenters. The van der Waals surface area contributed by atoms with Crippen molar-refractivity contribution in [2.45, 2.75) is 18.4 Å². The average molecular weight is 402 g/mol. The van der Waals surface area contributed by atoms with Gasteiger partial charge in [-0.15, -0.1) is 0 Å². The molecule has 2 heterocycles. The quantitative estimate of drug-likeness (QED) is 0.619. The maximum Gasteiger partial charge on any atom is 0.387 e. The Bertz CT molecular complexity index is 1070. The van der Waals surface area contributed by atoms with Crippen LogP contribution in [0.3, 0.4) is 0 Å². The van der Waals surface area contributed by atoms with Crippen molar-refractivity contribution in [2.24, 2.45) is 0 Å². The molecular weight excluding hydrogens is 386 g/mol. The van der Waals surface area contributed by atoms with E-state index in [4.69, 9.17) is 4.18 Å². The second kappa shape index (κ2) is 7.20. The zero-order valence-electron chi connectivity index (χ0n) is 14.8. The Hall–Kier alpha value is -3.00. The first-order valence-corrected chi connectivity index (χ1v) is 9.19. The zero-order chi connectivity index (χ0) is 19.7. The van der Waals surface area contributed by atoms with Gasteiger partial charge in [0.15, 0.2) is 0 Å². The second-order valence-electron chi connectivity index (χ2n) is 6.38. The first-order chi connectivity index (χ1) is 13.4. The third-order valence-corrected chi connectivity index (χ3v) is 5.09. The summed E-state index contributed by atoms with van der Waals surface area (Å²) in [6, 6.07) is 13.7. The van der Waals surface area contributed by atoms with Crippen molar-refractivity contribution < 1.29 is 22.5 Å². The van der Waals surface area contributed by atoms with Crippen molar-refractivity contribution in [3.63, 3.8) is 0 Å². The third-order valence-electron chi connectivity index (χ3n) is 4.30. The van der Waals surface area contributed by atoms with E-state index in [0.29, 0.717) is 11.3 Å².